The van der Waals surface area contributed by atoms with E-state index < -0.39 is 17.1 Å². The topological polar surface area (TPSA) is 126 Å². The Bertz CT molecular complexity index is 1370. The smallest absolute Gasteiger partial charge is 0.331 e. The molecule has 0 bridgehead atoms. The van der Waals surface area contributed by atoms with Gasteiger partial charge in [0.2, 0.25) is 11.6 Å². The third-order valence-corrected chi connectivity index (χ3v) is 7.16. The van der Waals surface area contributed by atoms with Crippen LogP contribution in [-0.4, -0.2) is 39.7 Å². The summed E-state index contributed by atoms with van der Waals surface area (Å²) in [6, 6.07) is 10.9. The molecular formula is C25H27N3O6S. The lowest BCUT2D eigenvalue weighted by molar-refractivity contribution is 0.339. The molecule has 0 fully saturated rings. The molecule has 0 saturated heterocycles. The van der Waals surface area contributed by atoms with Crippen molar-refractivity contribution in [1.29, 1.82) is 0 Å². The number of hydrogen-bond donors (Lipinski definition) is 3. The van der Waals surface area contributed by atoms with Crippen molar-refractivity contribution in [3.8, 4) is 23.1 Å². The molecule has 35 heavy (non-hydrogen) atoms. The number of aliphatic imine (C=N–C) groups is 1. The molecule has 4 rings (SSSR count). The number of aromatic amines is 1. The lowest BCUT2D eigenvalue weighted by Crippen LogP contribution is -2.34. The van der Waals surface area contributed by atoms with Crippen LogP contribution in [0.1, 0.15) is 42.6 Å². The molecule has 0 saturated carbocycles. The first-order valence-corrected chi connectivity index (χ1v) is 12.1. The van der Waals surface area contributed by atoms with E-state index >= 15 is 0 Å². The number of ether oxygens (including phenoxy) is 2. The summed E-state index contributed by atoms with van der Waals surface area (Å²) in [5.41, 5.74) is 0.406. The monoisotopic (exact) mass is 497 g/mol. The van der Waals surface area contributed by atoms with Gasteiger partial charge in [0.15, 0.2) is 11.5 Å². The van der Waals surface area contributed by atoms with Gasteiger partial charge in [0.1, 0.15) is 5.56 Å². The van der Waals surface area contributed by atoms with Crippen molar-refractivity contribution in [2.75, 3.05) is 14.2 Å². The summed E-state index contributed by atoms with van der Waals surface area (Å²) in [7, 11) is 2.91. The quantitative estimate of drug-likeness (QED) is 0.448. The second-order valence-corrected chi connectivity index (χ2v) is 9.32. The van der Waals surface area contributed by atoms with Gasteiger partial charge in [-0.25, -0.2) is 4.79 Å². The fourth-order valence-corrected chi connectivity index (χ4v) is 5.21. The average Bonchev–Trinajstić information content (AvgIpc) is 3.03. The van der Waals surface area contributed by atoms with Gasteiger partial charge in [0.05, 0.1) is 25.6 Å². The van der Waals surface area contributed by atoms with Gasteiger partial charge in [-0.2, -0.15) is 0 Å². The number of methoxy groups -OCH3 is 2. The third-order valence-electron chi connectivity index (χ3n) is 5.84. The molecule has 1 aliphatic rings. The number of unbranched alkanes of at least 4 members (excludes halogenated alkanes) is 1. The molecule has 2 aromatic carbocycles. The van der Waals surface area contributed by atoms with Crippen molar-refractivity contribution < 1.29 is 19.7 Å². The summed E-state index contributed by atoms with van der Waals surface area (Å²) < 4.78 is 11.8. The highest BCUT2D eigenvalue weighted by atomic mass is 32.2. The summed E-state index contributed by atoms with van der Waals surface area (Å²) >= 11 is 1.54. The molecule has 0 unspecified atom stereocenters. The molecule has 1 atom stereocenters. The van der Waals surface area contributed by atoms with E-state index in [-0.39, 0.29) is 41.0 Å². The average molecular weight is 498 g/mol. The Morgan fingerprint density at radius 2 is 1.83 bits per heavy atom. The number of fused-ring (bicyclic) bond motifs is 1. The summed E-state index contributed by atoms with van der Waals surface area (Å²) in [5.74, 6) is 0.00765. The number of benzene rings is 2. The van der Waals surface area contributed by atoms with Crippen LogP contribution in [0.15, 0.2) is 55.9 Å². The van der Waals surface area contributed by atoms with Crippen LogP contribution >= 0.6 is 11.8 Å². The zero-order valence-electron chi connectivity index (χ0n) is 19.7. The zero-order chi connectivity index (χ0) is 25.1. The Morgan fingerprint density at radius 3 is 2.49 bits per heavy atom. The van der Waals surface area contributed by atoms with E-state index in [1.54, 1.807) is 12.1 Å². The van der Waals surface area contributed by atoms with Gasteiger partial charge in [-0.15, -0.1) is 11.8 Å². The number of phenolic OH excluding ortho intramolecular Hbond substituents is 1. The van der Waals surface area contributed by atoms with Gasteiger partial charge >= 0.3 is 5.69 Å². The van der Waals surface area contributed by atoms with E-state index in [4.69, 9.17) is 14.5 Å². The molecule has 1 aliphatic heterocycles. The number of rotatable bonds is 7. The summed E-state index contributed by atoms with van der Waals surface area (Å²) in [6.07, 6.45) is 1.75. The normalized spacial score (nSPS) is 15.2. The van der Waals surface area contributed by atoms with Crippen molar-refractivity contribution in [2.24, 2.45) is 4.99 Å². The number of phenols is 1. The first-order valence-electron chi connectivity index (χ1n) is 11.2. The molecule has 2 heterocycles. The van der Waals surface area contributed by atoms with Crippen LogP contribution in [0.2, 0.25) is 0 Å². The summed E-state index contributed by atoms with van der Waals surface area (Å²) in [4.78, 5) is 33.2. The summed E-state index contributed by atoms with van der Waals surface area (Å²) in [5, 5.41) is 21.1. The maximum atomic E-state index is 12.9. The molecule has 184 valence electrons. The van der Waals surface area contributed by atoms with E-state index in [2.05, 4.69) is 4.98 Å². The first kappa shape index (κ1) is 24.5. The molecule has 3 N–H and O–H groups in total. The number of aromatic nitrogens is 2. The van der Waals surface area contributed by atoms with Crippen LogP contribution in [0.3, 0.4) is 0 Å². The Kier molecular flexibility index (Phi) is 7.20. The fourth-order valence-electron chi connectivity index (χ4n) is 4.00. The zero-order valence-corrected chi connectivity index (χ0v) is 20.5. The Balaban J connectivity index is 1.89. The van der Waals surface area contributed by atoms with Gasteiger partial charge in [0, 0.05) is 23.1 Å². The number of H-pyrrole nitrogens is 1. The van der Waals surface area contributed by atoms with Crippen molar-refractivity contribution in [3.05, 3.63) is 68.4 Å². The van der Waals surface area contributed by atoms with Gasteiger partial charge in [0.25, 0.3) is 5.56 Å². The number of hydrogen-bond acceptors (Lipinski definition) is 8. The molecule has 9 nitrogen and oxygen atoms in total. The van der Waals surface area contributed by atoms with E-state index in [1.165, 1.54) is 30.5 Å². The van der Waals surface area contributed by atoms with Gasteiger partial charge in [-0.05, 0) is 36.2 Å². The van der Waals surface area contributed by atoms with E-state index in [0.29, 0.717) is 17.8 Å². The molecule has 10 heteroatoms. The van der Waals surface area contributed by atoms with Crippen molar-refractivity contribution in [2.45, 2.75) is 42.9 Å². The van der Waals surface area contributed by atoms with E-state index in [1.807, 2.05) is 31.2 Å². The number of nitrogens with one attached hydrogen (secondary N) is 1. The maximum Gasteiger partial charge on any atom is 0.331 e. The van der Waals surface area contributed by atoms with E-state index in [0.717, 1.165) is 16.9 Å². The van der Waals surface area contributed by atoms with Crippen LogP contribution in [0.5, 0.6) is 23.1 Å². The minimum atomic E-state index is -0.692. The number of thioether (sulfide) groups is 1. The Labute approximate surface area is 206 Å². The minimum Gasteiger partial charge on any atom is -0.502 e. The minimum absolute atomic E-state index is 0.0271. The SMILES string of the molecule is CCCCn1c(O)c(C2=Nc3ccccc3S[C@H](c3cc(OC)c(O)c(OC)c3)C2)c(=O)[nH]c1=O. The lowest BCUT2D eigenvalue weighted by atomic mass is 10.0. The van der Waals surface area contributed by atoms with Crippen molar-refractivity contribution in [3.63, 3.8) is 0 Å². The highest BCUT2D eigenvalue weighted by Crippen LogP contribution is 2.48. The predicted octanol–water partition coefficient (Wildman–Crippen LogP) is 4.12. The second kappa shape index (κ2) is 10.3. The highest BCUT2D eigenvalue weighted by molar-refractivity contribution is 7.99. The molecule has 0 amide bonds. The number of para-hydroxylation sites is 1. The van der Waals surface area contributed by atoms with Crippen LogP contribution in [-0.2, 0) is 6.54 Å². The lowest BCUT2D eigenvalue weighted by Gasteiger charge is -2.19. The van der Waals surface area contributed by atoms with Crippen molar-refractivity contribution >= 4 is 23.2 Å². The molecule has 1 aromatic heterocycles. The first-order chi connectivity index (χ1) is 16.9. The van der Waals surface area contributed by atoms with Crippen molar-refractivity contribution in [1.82, 2.24) is 9.55 Å². The van der Waals surface area contributed by atoms with Crippen LogP contribution in [0.25, 0.3) is 0 Å². The summed E-state index contributed by atoms with van der Waals surface area (Å²) in [6.45, 7) is 2.25. The van der Waals surface area contributed by atoms with Gasteiger partial charge in [-0.1, -0.05) is 25.5 Å². The standard InChI is InChI=1S/C25H27N3O6S/c1-4-5-10-28-24(31)21(23(30)27-25(28)32)16-13-20(35-19-9-7-6-8-15(19)26-16)14-11-17(33-2)22(29)18(12-14)34-3/h6-9,11-12,20,29,31H,4-5,10,13H2,1-3H3,(H,27,30,32)/t20-/m0/s1. The molecule has 0 spiro atoms. The predicted molar refractivity (Wildman–Crippen MR) is 135 cm³/mol. The third kappa shape index (κ3) is 4.79. The molecule has 0 radical (unpaired) electrons. The largest absolute Gasteiger partial charge is 0.502 e. The highest BCUT2D eigenvalue weighted by Gasteiger charge is 2.28. The molecular weight excluding hydrogens is 470 g/mol. The van der Waals surface area contributed by atoms with Gasteiger partial charge < -0.3 is 19.7 Å². The maximum absolute atomic E-state index is 12.9. The molecule has 3 aromatic rings. The van der Waals surface area contributed by atoms with E-state index in [9.17, 15) is 19.8 Å². The second-order valence-electron chi connectivity index (χ2n) is 8.07. The van der Waals surface area contributed by atoms with Crippen LogP contribution in [0.4, 0.5) is 5.69 Å². The fraction of sp³-hybridized carbons (Fsp3) is 0.320. The number of aromatic hydroxyl groups is 2. The Morgan fingerprint density at radius 1 is 1.14 bits per heavy atom. The molecule has 0 aliphatic carbocycles. The van der Waals surface area contributed by atoms with Crippen LogP contribution < -0.4 is 20.7 Å². The Hall–Kier alpha value is -3.66. The number of nitrogens with zero attached hydrogens (tertiary/aromatic N) is 2. The van der Waals surface area contributed by atoms with Gasteiger partial charge in [-0.3, -0.25) is 19.3 Å². The van der Waals surface area contributed by atoms with Crippen LogP contribution in [0, 0.1) is 0 Å².